The summed E-state index contributed by atoms with van der Waals surface area (Å²) in [4.78, 5) is 0. The highest BCUT2D eigenvalue weighted by atomic mass is 19.3. The van der Waals surface area contributed by atoms with Crippen LogP contribution in [0.1, 0.15) is 47.0 Å². The van der Waals surface area contributed by atoms with Gasteiger partial charge < -0.3 is 0 Å². The van der Waals surface area contributed by atoms with Crippen molar-refractivity contribution < 1.29 is 8.78 Å². The smallest absolute Gasteiger partial charge is 0.207 e. The number of alkyl halides is 2. The Balaban J connectivity index is 2.71. The summed E-state index contributed by atoms with van der Waals surface area (Å²) in [6.45, 7) is 7.22. The van der Waals surface area contributed by atoms with Crippen LogP contribution < -0.4 is 0 Å². The summed E-state index contributed by atoms with van der Waals surface area (Å²) in [6, 6.07) is 0. The first-order valence-corrected chi connectivity index (χ1v) is 5.23. The molecule has 0 saturated heterocycles. The third-order valence-electron chi connectivity index (χ3n) is 4.03. The molecule has 0 bridgehead atoms. The first kappa shape index (κ1) is 10.9. The fourth-order valence-corrected chi connectivity index (χ4v) is 2.33. The highest BCUT2D eigenvalue weighted by molar-refractivity contribution is 5.05. The Morgan fingerprint density at radius 2 is 1.77 bits per heavy atom. The van der Waals surface area contributed by atoms with Gasteiger partial charge in [-0.05, 0) is 31.6 Å². The van der Waals surface area contributed by atoms with E-state index in [9.17, 15) is 8.78 Å². The maximum absolute atomic E-state index is 13.3. The molecule has 13 heavy (non-hydrogen) atoms. The van der Waals surface area contributed by atoms with Crippen molar-refractivity contribution in [1.29, 1.82) is 0 Å². The van der Waals surface area contributed by atoms with Crippen LogP contribution in [0.4, 0.5) is 8.78 Å². The van der Waals surface area contributed by atoms with Gasteiger partial charge in [0.25, 0.3) is 5.92 Å². The average molecular weight is 190 g/mol. The van der Waals surface area contributed by atoms with Crippen LogP contribution in [-0.4, -0.2) is 5.92 Å². The van der Waals surface area contributed by atoms with E-state index < -0.39 is 11.3 Å². The van der Waals surface area contributed by atoms with E-state index >= 15 is 0 Å². The molecule has 1 rings (SSSR count). The monoisotopic (exact) mass is 190 g/mol. The second kappa shape index (κ2) is 3.21. The van der Waals surface area contributed by atoms with Gasteiger partial charge in [-0.1, -0.05) is 27.2 Å². The van der Waals surface area contributed by atoms with Crippen LogP contribution in [0.2, 0.25) is 0 Å². The van der Waals surface area contributed by atoms with E-state index in [1.165, 1.54) is 0 Å². The van der Waals surface area contributed by atoms with Crippen LogP contribution in [0.25, 0.3) is 0 Å². The minimum Gasteiger partial charge on any atom is -0.207 e. The Labute approximate surface area is 79.7 Å². The Bertz CT molecular complexity index is 177. The van der Waals surface area contributed by atoms with Gasteiger partial charge in [0, 0.05) is 5.41 Å². The van der Waals surface area contributed by atoms with E-state index in [1.54, 1.807) is 0 Å². The van der Waals surface area contributed by atoms with E-state index in [1.807, 2.05) is 6.92 Å². The Kier molecular flexibility index (Phi) is 2.70. The fraction of sp³-hybridized carbons (Fsp3) is 1.00. The summed E-state index contributed by atoms with van der Waals surface area (Å²) < 4.78 is 26.6. The Hall–Kier alpha value is -0.140. The Morgan fingerprint density at radius 1 is 1.31 bits per heavy atom. The summed E-state index contributed by atoms with van der Waals surface area (Å²) >= 11 is 0. The molecule has 0 spiro atoms. The van der Waals surface area contributed by atoms with Gasteiger partial charge in [-0.2, -0.15) is 0 Å². The first-order chi connectivity index (χ1) is 5.85. The number of hydrogen-bond donors (Lipinski definition) is 0. The lowest BCUT2D eigenvalue weighted by molar-refractivity contribution is -0.0864. The van der Waals surface area contributed by atoms with Crippen molar-refractivity contribution in [2.75, 3.05) is 0 Å². The third kappa shape index (κ3) is 1.72. The highest BCUT2D eigenvalue weighted by Gasteiger charge is 2.62. The van der Waals surface area contributed by atoms with Crippen molar-refractivity contribution in [2.24, 2.45) is 17.3 Å². The van der Waals surface area contributed by atoms with Crippen LogP contribution in [0.15, 0.2) is 0 Å². The summed E-state index contributed by atoms with van der Waals surface area (Å²) in [5.74, 6) is -1.93. The van der Waals surface area contributed by atoms with E-state index in [0.717, 1.165) is 13.3 Å². The fourth-order valence-electron chi connectivity index (χ4n) is 2.33. The topological polar surface area (TPSA) is 0 Å². The molecule has 0 N–H and O–H groups in total. The molecule has 0 heterocycles. The zero-order valence-electron chi connectivity index (χ0n) is 9.03. The van der Waals surface area contributed by atoms with E-state index in [2.05, 4.69) is 13.8 Å². The lowest BCUT2D eigenvalue weighted by Gasteiger charge is -2.32. The van der Waals surface area contributed by atoms with Crippen LogP contribution in [0.5, 0.6) is 0 Å². The van der Waals surface area contributed by atoms with E-state index in [4.69, 9.17) is 0 Å². The average Bonchev–Trinajstić information content (AvgIpc) is 2.80. The van der Waals surface area contributed by atoms with Crippen molar-refractivity contribution in [1.82, 2.24) is 0 Å². The van der Waals surface area contributed by atoms with E-state index in [-0.39, 0.29) is 5.92 Å². The van der Waals surface area contributed by atoms with Crippen molar-refractivity contribution in [3.63, 3.8) is 0 Å². The summed E-state index contributed by atoms with van der Waals surface area (Å²) in [7, 11) is 0. The predicted octanol–water partition coefficient (Wildman–Crippen LogP) is 4.10. The van der Waals surface area contributed by atoms with Crippen molar-refractivity contribution in [3.05, 3.63) is 0 Å². The molecule has 0 aliphatic heterocycles. The largest absolute Gasteiger partial charge is 0.251 e. The second-order valence-corrected chi connectivity index (χ2v) is 4.72. The third-order valence-corrected chi connectivity index (χ3v) is 4.03. The molecule has 2 unspecified atom stereocenters. The van der Waals surface area contributed by atoms with Gasteiger partial charge in [-0.15, -0.1) is 0 Å². The Morgan fingerprint density at radius 3 is 2.00 bits per heavy atom. The van der Waals surface area contributed by atoms with Crippen LogP contribution >= 0.6 is 0 Å². The summed E-state index contributed by atoms with van der Waals surface area (Å²) in [5.41, 5.74) is -0.664. The molecular formula is C11H20F2. The van der Waals surface area contributed by atoms with Crippen LogP contribution in [0.3, 0.4) is 0 Å². The molecule has 0 aromatic heterocycles. The second-order valence-electron chi connectivity index (χ2n) is 4.72. The van der Waals surface area contributed by atoms with Gasteiger partial charge in [-0.3, -0.25) is 0 Å². The van der Waals surface area contributed by atoms with Gasteiger partial charge in [-0.25, -0.2) is 8.78 Å². The molecule has 0 nitrogen and oxygen atoms in total. The zero-order valence-corrected chi connectivity index (χ0v) is 9.03. The van der Waals surface area contributed by atoms with Gasteiger partial charge in [0.2, 0.25) is 0 Å². The molecule has 2 heteroatoms. The minimum atomic E-state index is -2.49. The number of hydrogen-bond acceptors (Lipinski definition) is 0. The molecule has 78 valence electrons. The maximum Gasteiger partial charge on any atom is 0.251 e. The molecular weight excluding hydrogens is 170 g/mol. The first-order valence-electron chi connectivity index (χ1n) is 5.23. The van der Waals surface area contributed by atoms with Gasteiger partial charge >= 0.3 is 0 Å². The summed E-state index contributed by atoms with van der Waals surface area (Å²) in [6.07, 6.45) is 2.42. The SMILES string of the molecule is CCC(C)C(C)C1(C(C)(F)F)CC1. The van der Waals surface area contributed by atoms with E-state index in [0.29, 0.717) is 18.8 Å². The molecule has 0 amide bonds. The standard InChI is InChI=1S/C11H20F2/c1-5-8(2)9(3)11(6-7-11)10(4,12)13/h8-9H,5-7H2,1-4H3. The molecule has 1 aliphatic rings. The lowest BCUT2D eigenvalue weighted by Crippen LogP contribution is -2.35. The predicted molar refractivity (Wildman–Crippen MR) is 50.9 cm³/mol. The summed E-state index contributed by atoms with van der Waals surface area (Å²) in [5, 5.41) is 0. The molecule has 2 atom stereocenters. The quantitative estimate of drug-likeness (QED) is 0.626. The van der Waals surface area contributed by atoms with Crippen molar-refractivity contribution in [3.8, 4) is 0 Å². The molecule has 0 aromatic rings. The van der Waals surface area contributed by atoms with Crippen molar-refractivity contribution in [2.45, 2.75) is 52.9 Å². The zero-order chi connectivity index (χ0) is 10.3. The van der Waals surface area contributed by atoms with Gasteiger partial charge in [0.05, 0.1) is 0 Å². The molecule has 1 saturated carbocycles. The maximum atomic E-state index is 13.3. The minimum absolute atomic E-state index is 0.150. The molecule has 1 aliphatic carbocycles. The van der Waals surface area contributed by atoms with Crippen LogP contribution in [-0.2, 0) is 0 Å². The van der Waals surface area contributed by atoms with Crippen LogP contribution in [0, 0.1) is 17.3 Å². The van der Waals surface area contributed by atoms with Gasteiger partial charge in [0.15, 0.2) is 0 Å². The highest BCUT2D eigenvalue weighted by Crippen LogP contribution is 2.63. The number of halogens is 2. The molecule has 0 radical (unpaired) electrons. The molecule has 0 aromatic carbocycles. The lowest BCUT2D eigenvalue weighted by atomic mass is 9.77. The van der Waals surface area contributed by atoms with Crippen molar-refractivity contribution >= 4 is 0 Å². The number of rotatable bonds is 4. The normalized spacial score (nSPS) is 25.4. The molecule has 1 fully saturated rings. The van der Waals surface area contributed by atoms with Gasteiger partial charge in [0.1, 0.15) is 0 Å².